The summed E-state index contributed by atoms with van der Waals surface area (Å²) in [5, 5.41) is 17.5. The van der Waals surface area contributed by atoms with Gasteiger partial charge in [0, 0.05) is 12.6 Å². The number of hydrogen-bond donors (Lipinski definition) is 2. The van der Waals surface area contributed by atoms with Gasteiger partial charge in [0.2, 0.25) is 0 Å². The molecule has 0 aliphatic carbocycles. The van der Waals surface area contributed by atoms with Gasteiger partial charge in [-0.3, -0.25) is 10.1 Å². The van der Waals surface area contributed by atoms with E-state index >= 15 is 0 Å². The fourth-order valence-electron chi connectivity index (χ4n) is 1.82. The summed E-state index contributed by atoms with van der Waals surface area (Å²) in [5.41, 5.74) is 1.27. The molecule has 0 fully saturated rings. The van der Waals surface area contributed by atoms with Crippen molar-refractivity contribution in [2.24, 2.45) is 0 Å². The summed E-state index contributed by atoms with van der Waals surface area (Å²) in [6.07, 6.45) is 3.03. The molecule has 0 saturated heterocycles. The van der Waals surface area contributed by atoms with Gasteiger partial charge in [-0.2, -0.15) is 11.8 Å². The number of rotatable bonds is 8. The zero-order valence-electron chi connectivity index (χ0n) is 11.6. The maximum absolute atomic E-state index is 11.2. The fourth-order valence-corrected chi connectivity index (χ4v) is 2.41. The number of nitro benzene ring substituents is 1. The minimum absolute atomic E-state index is 0.125. The first kappa shape index (κ1) is 15.6. The van der Waals surface area contributed by atoms with E-state index in [9.17, 15) is 10.1 Å². The van der Waals surface area contributed by atoms with Crippen molar-refractivity contribution < 1.29 is 4.92 Å². The molecule has 2 N–H and O–H groups in total. The van der Waals surface area contributed by atoms with E-state index in [4.69, 9.17) is 0 Å². The molecule has 0 aliphatic rings. The van der Waals surface area contributed by atoms with Crippen molar-refractivity contribution in [3.8, 4) is 0 Å². The van der Waals surface area contributed by atoms with Gasteiger partial charge >= 0.3 is 5.69 Å². The smallest absolute Gasteiger partial charge is 0.315 e. The molecule has 1 rings (SSSR count). The molecule has 6 heteroatoms. The summed E-state index contributed by atoms with van der Waals surface area (Å²) in [4.78, 5) is 10.9. The quantitative estimate of drug-likeness (QED) is 0.564. The third-order valence-corrected chi connectivity index (χ3v) is 3.39. The Morgan fingerprint density at radius 2 is 2.11 bits per heavy atom. The van der Waals surface area contributed by atoms with Gasteiger partial charge in [0.05, 0.1) is 4.92 Å². The Kier molecular flexibility index (Phi) is 6.49. The highest BCUT2D eigenvalue weighted by atomic mass is 32.2. The first-order valence-corrected chi connectivity index (χ1v) is 7.76. The van der Waals surface area contributed by atoms with Crippen molar-refractivity contribution in [2.75, 3.05) is 29.2 Å². The lowest BCUT2D eigenvalue weighted by Crippen LogP contribution is -2.17. The molecule has 0 saturated carbocycles. The molecule has 5 nitrogen and oxygen atoms in total. The lowest BCUT2D eigenvalue weighted by atomic mass is 10.2. The van der Waals surface area contributed by atoms with Crippen molar-refractivity contribution in [3.63, 3.8) is 0 Å². The Balaban J connectivity index is 2.93. The molecule has 0 aliphatic heterocycles. The number of nitrogens with one attached hydrogen (secondary N) is 2. The minimum Gasteiger partial charge on any atom is -0.380 e. The number of nitro groups is 1. The highest BCUT2D eigenvalue weighted by molar-refractivity contribution is 7.98. The fraction of sp³-hybridized carbons (Fsp3) is 0.538. The van der Waals surface area contributed by atoms with Gasteiger partial charge in [-0.05, 0) is 44.4 Å². The van der Waals surface area contributed by atoms with Gasteiger partial charge < -0.3 is 10.6 Å². The van der Waals surface area contributed by atoms with Crippen LogP contribution >= 0.6 is 11.8 Å². The predicted molar refractivity (Wildman–Crippen MR) is 83.3 cm³/mol. The molecular formula is C13H21N3O2S. The zero-order valence-corrected chi connectivity index (χ0v) is 12.4. The monoisotopic (exact) mass is 283 g/mol. The van der Waals surface area contributed by atoms with E-state index in [0.717, 1.165) is 12.2 Å². The van der Waals surface area contributed by atoms with Crippen LogP contribution in [-0.4, -0.2) is 29.5 Å². The van der Waals surface area contributed by atoms with Gasteiger partial charge in [0.1, 0.15) is 11.4 Å². The molecule has 19 heavy (non-hydrogen) atoms. The first-order chi connectivity index (χ1) is 9.10. The van der Waals surface area contributed by atoms with E-state index < -0.39 is 0 Å². The number of hydrogen-bond acceptors (Lipinski definition) is 5. The van der Waals surface area contributed by atoms with Crippen molar-refractivity contribution >= 4 is 28.8 Å². The van der Waals surface area contributed by atoms with E-state index in [1.165, 1.54) is 0 Å². The molecule has 0 amide bonds. The Labute approximate surface area is 118 Å². The molecule has 0 heterocycles. The average Bonchev–Trinajstić information content (AvgIpc) is 2.36. The maximum Gasteiger partial charge on any atom is 0.315 e. The minimum atomic E-state index is -0.332. The SMILES string of the molecule is CCNc1cccc(NC(C)CCSC)c1[N+](=O)[O-]. The highest BCUT2D eigenvalue weighted by Crippen LogP contribution is 2.33. The van der Waals surface area contributed by atoms with Gasteiger partial charge in [0.15, 0.2) is 0 Å². The van der Waals surface area contributed by atoms with E-state index in [1.807, 2.05) is 19.9 Å². The highest BCUT2D eigenvalue weighted by Gasteiger charge is 2.20. The summed E-state index contributed by atoms with van der Waals surface area (Å²) >= 11 is 1.78. The van der Waals surface area contributed by atoms with Crippen LogP contribution in [0.3, 0.4) is 0 Å². The van der Waals surface area contributed by atoms with Crippen LogP contribution in [0.1, 0.15) is 20.3 Å². The molecule has 0 radical (unpaired) electrons. The molecule has 1 aromatic rings. The lowest BCUT2D eigenvalue weighted by Gasteiger charge is -2.16. The molecular weight excluding hydrogens is 262 g/mol. The van der Waals surface area contributed by atoms with Crippen LogP contribution in [0.25, 0.3) is 0 Å². The summed E-state index contributed by atoms with van der Waals surface area (Å²) in [6, 6.07) is 5.53. The molecule has 0 spiro atoms. The van der Waals surface area contributed by atoms with Crippen LogP contribution in [0.5, 0.6) is 0 Å². The third-order valence-electron chi connectivity index (χ3n) is 2.74. The summed E-state index contributed by atoms with van der Waals surface area (Å²) < 4.78 is 0. The summed E-state index contributed by atoms with van der Waals surface area (Å²) in [5.74, 6) is 1.04. The average molecular weight is 283 g/mol. The Bertz CT molecular complexity index is 426. The number of benzene rings is 1. The first-order valence-electron chi connectivity index (χ1n) is 6.36. The molecule has 0 aromatic heterocycles. The second-order valence-corrected chi connectivity index (χ2v) is 5.30. The predicted octanol–water partition coefficient (Wildman–Crippen LogP) is 3.58. The van der Waals surface area contributed by atoms with Crippen LogP contribution in [0, 0.1) is 10.1 Å². The Hall–Kier alpha value is -1.43. The second kappa shape index (κ2) is 7.89. The third kappa shape index (κ3) is 4.63. The van der Waals surface area contributed by atoms with E-state index in [-0.39, 0.29) is 16.7 Å². The van der Waals surface area contributed by atoms with Crippen molar-refractivity contribution in [3.05, 3.63) is 28.3 Å². The Morgan fingerprint density at radius 3 is 2.68 bits per heavy atom. The molecule has 1 unspecified atom stereocenters. The number of thioether (sulfide) groups is 1. The van der Waals surface area contributed by atoms with Crippen molar-refractivity contribution in [1.82, 2.24) is 0 Å². The summed E-state index contributed by atoms with van der Waals surface area (Å²) in [7, 11) is 0. The number of anilines is 2. The van der Waals surface area contributed by atoms with Crippen LogP contribution in [0.15, 0.2) is 18.2 Å². The molecule has 1 atom stereocenters. The molecule has 106 valence electrons. The Morgan fingerprint density at radius 1 is 1.42 bits per heavy atom. The van der Waals surface area contributed by atoms with E-state index in [0.29, 0.717) is 17.9 Å². The zero-order chi connectivity index (χ0) is 14.3. The van der Waals surface area contributed by atoms with Gasteiger partial charge in [0.25, 0.3) is 0 Å². The van der Waals surface area contributed by atoms with Crippen LogP contribution in [0.4, 0.5) is 17.1 Å². The summed E-state index contributed by atoms with van der Waals surface area (Å²) in [6.45, 7) is 4.62. The topological polar surface area (TPSA) is 67.2 Å². The normalized spacial score (nSPS) is 11.9. The van der Waals surface area contributed by atoms with Crippen molar-refractivity contribution in [2.45, 2.75) is 26.3 Å². The maximum atomic E-state index is 11.2. The van der Waals surface area contributed by atoms with Crippen LogP contribution < -0.4 is 10.6 Å². The van der Waals surface area contributed by atoms with E-state index in [2.05, 4.69) is 16.9 Å². The number of para-hydroxylation sites is 1. The number of nitrogens with zero attached hydrogens (tertiary/aromatic N) is 1. The van der Waals surface area contributed by atoms with Gasteiger partial charge in [-0.1, -0.05) is 6.07 Å². The largest absolute Gasteiger partial charge is 0.380 e. The van der Waals surface area contributed by atoms with Gasteiger partial charge in [-0.15, -0.1) is 0 Å². The van der Waals surface area contributed by atoms with Crippen molar-refractivity contribution in [1.29, 1.82) is 0 Å². The molecule has 1 aromatic carbocycles. The van der Waals surface area contributed by atoms with Gasteiger partial charge in [-0.25, -0.2) is 0 Å². The lowest BCUT2D eigenvalue weighted by molar-refractivity contribution is -0.383. The van der Waals surface area contributed by atoms with E-state index in [1.54, 1.807) is 23.9 Å². The second-order valence-electron chi connectivity index (χ2n) is 4.32. The van der Waals surface area contributed by atoms with Crippen LogP contribution in [0.2, 0.25) is 0 Å². The van der Waals surface area contributed by atoms with Crippen LogP contribution in [-0.2, 0) is 0 Å². The standard InChI is InChI=1S/C13H21N3O2S/c1-4-14-11-6-5-7-12(13(11)16(17)18)15-10(2)8-9-19-3/h5-7,10,14-15H,4,8-9H2,1-3H3. The molecule has 0 bridgehead atoms.